The van der Waals surface area contributed by atoms with Gasteiger partial charge in [-0.1, -0.05) is 42.5 Å². The van der Waals surface area contributed by atoms with Gasteiger partial charge in [-0.25, -0.2) is 9.13 Å². The van der Waals surface area contributed by atoms with Gasteiger partial charge in [0, 0.05) is 5.56 Å². The maximum Gasteiger partial charge on any atom is 0.370 e. The fourth-order valence-corrected chi connectivity index (χ4v) is 3.76. The van der Waals surface area contributed by atoms with Crippen LogP contribution in [0.1, 0.15) is 12.8 Å². The van der Waals surface area contributed by atoms with Gasteiger partial charge in [0.1, 0.15) is 22.9 Å². The molecule has 0 radical (unpaired) electrons. The molecule has 0 bridgehead atoms. The first kappa shape index (κ1) is 14.5. The van der Waals surface area contributed by atoms with Crippen molar-refractivity contribution in [2.75, 3.05) is 0 Å². The number of hydrogen-bond donors (Lipinski definition) is 0. The molecule has 0 saturated carbocycles. The van der Waals surface area contributed by atoms with Crippen molar-refractivity contribution in [2.24, 2.45) is 0 Å². The predicted molar refractivity (Wildman–Crippen MR) is 87.8 cm³/mol. The van der Waals surface area contributed by atoms with E-state index in [-0.39, 0.29) is 17.0 Å². The molecule has 3 nitrogen and oxygen atoms in total. The van der Waals surface area contributed by atoms with E-state index in [0.717, 1.165) is 13.1 Å². The van der Waals surface area contributed by atoms with Crippen molar-refractivity contribution in [3.05, 3.63) is 60.8 Å². The summed E-state index contributed by atoms with van der Waals surface area (Å²) in [4.78, 5) is 0. The van der Waals surface area contributed by atoms with Gasteiger partial charge in [0.2, 0.25) is 0 Å². The quantitative estimate of drug-likeness (QED) is 0.438. The number of nitrogens with zero attached hydrogens (tertiary/aromatic N) is 3. The number of benzene rings is 2. The van der Waals surface area contributed by atoms with Crippen LogP contribution in [0.15, 0.2) is 60.8 Å². The molecule has 0 saturated heterocycles. The molecule has 1 aliphatic rings. The van der Waals surface area contributed by atoms with Crippen molar-refractivity contribution < 1.29 is 21.5 Å². The van der Waals surface area contributed by atoms with E-state index in [2.05, 4.69) is 74.3 Å². The Morgan fingerprint density at radius 3 is 2.52 bits per heavy atom. The number of fused-ring (bicyclic) bond motifs is 3. The van der Waals surface area contributed by atoms with Crippen molar-refractivity contribution in [1.82, 2.24) is 8.97 Å². The van der Waals surface area contributed by atoms with Gasteiger partial charge in [0.15, 0.2) is 0 Å². The minimum Gasteiger partial charge on any atom is -1.00 e. The Kier molecular flexibility index (Phi) is 3.49. The van der Waals surface area contributed by atoms with E-state index in [0.29, 0.717) is 0 Å². The first-order valence-electron chi connectivity index (χ1n) is 8.01. The SMILES string of the molecule is [Br-].c1ccc(-c2cn3c4ccccc4[n+]4c3n2CCCC4)cc1. The summed E-state index contributed by atoms with van der Waals surface area (Å²) in [5.41, 5.74) is 5.25. The van der Waals surface area contributed by atoms with Gasteiger partial charge in [-0.3, -0.25) is 0 Å². The topological polar surface area (TPSA) is 13.2 Å². The van der Waals surface area contributed by atoms with Crippen LogP contribution >= 0.6 is 0 Å². The average molecular weight is 368 g/mol. The molecule has 3 heterocycles. The third kappa shape index (κ3) is 2.05. The maximum atomic E-state index is 2.49. The number of imidazole rings is 2. The second kappa shape index (κ2) is 5.53. The first-order valence-corrected chi connectivity index (χ1v) is 8.01. The highest BCUT2D eigenvalue weighted by molar-refractivity contribution is 5.77. The lowest BCUT2D eigenvalue weighted by Crippen LogP contribution is -3.00. The summed E-state index contributed by atoms with van der Waals surface area (Å²) in [6, 6.07) is 19.5. The molecule has 0 amide bonds. The van der Waals surface area contributed by atoms with Crippen molar-refractivity contribution in [3.63, 3.8) is 0 Å². The molecule has 2 aromatic heterocycles. The zero-order valence-corrected chi connectivity index (χ0v) is 14.4. The zero-order valence-electron chi connectivity index (χ0n) is 12.8. The highest BCUT2D eigenvalue weighted by Crippen LogP contribution is 2.27. The summed E-state index contributed by atoms with van der Waals surface area (Å²) >= 11 is 0. The number of hydrogen-bond acceptors (Lipinski definition) is 0. The molecule has 0 spiro atoms. The average Bonchev–Trinajstić information content (AvgIpc) is 2.99. The Hall–Kier alpha value is -2.07. The molecule has 116 valence electrons. The fourth-order valence-electron chi connectivity index (χ4n) is 3.76. The Balaban J connectivity index is 0.00000135. The van der Waals surface area contributed by atoms with E-state index in [4.69, 9.17) is 0 Å². The van der Waals surface area contributed by atoms with E-state index >= 15 is 0 Å². The van der Waals surface area contributed by atoms with Crippen LogP contribution in [-0.2, 0) is 13.1 Å². The molecule has 1 aliphatic heterocycles. The molecule has 23 heavy (non-hydrogen) atoms. The van der Waals surface area contributed by atoms with Crippen LogP contribution < -0.4 is 21.5 Å². The molecule has 5 rings (SSSR count). The van der Waals surface area contributed by atoms with E-state index in [9.17, 15) is 0 Å². The minimum atomic E-state index is 0. The monoisotopic (exact) mass is 367 g/mol. The molecule has 0 unspecified atom stereocenters. The molecule has 0 aliphatic carbocycles. The van der Waals surface area contributed by atoms with E-state index in [1.165, 1.54) is 40.9 Å². The van der Waals surface area contributed by atoms with Crippen molar-refractivity contribution in [2.45, 2.75) is 25.9 Å². The maximum absolute atomic E-state index is 2.49. The predicted octanol–water partition coefficient (Wildman–Crippen LogP) is 0.646. The van der Waals surface area contributed by atoms with Gasteiger partial charge >= 0.3 is 5.78 Å². The van der Waals surface area contributed by atoms with Crippen molar-refractivity contribution >= 4 is 16.8 Å². The standard InChI is InChI=1S/C19H18N3.BrH/c1-2-8-15(9-3-1)18-14-22-17-11-5-4-10-16(17)20-12-6-7-13-21(18)19(20)22;/h1-5,8-11,14H,6-7,12-13H2;1H/q+1;/p-1. The number of aryl methyl sites for hydroxylation is 2. The highest BCUT2D eigenvalue weighted by atomic mass is 79.9. The lowest BCUT2D eigenvalue weighted by atomic mass is 10.1. The summed E-state index contributed by atoms with van der Waals surface area (Å²) in [5, 5.41) is 0. The van der Waals surface area contributed by atoms with Crippen LogP contribution in [0.4, 0.5) is 0 Å². The third-order valence-corrected chi connectivity index (χ3v) is 4.76. The Labute approximate surface area is 145 Å². The lowest BCUT2D eigenvalue weighted by Gasteiger charge is -2.01. The van der Waals surface area contributed by atoms with Gasteiger partial charge < -0.3 is 17.0 Å². The Morgan fingerprint density at radius 2 is 1.65 bits per heavy atom. The van der Waals surface area contributed by atoms with Crippen molar-refractivity contribution in [3.8, 4) is 11.3 Å². The van der Waals surface area contributed by atoms with Crippen molar-refractivity contribution in [1.29, 1.82) is 0 Å². The van der Waals surface area contributed by atoms with Crippen LogP contribution in [0.5, 0.6) is 0 Å². The summed E-state index contributed by atoms with van der Waals surface area (Å²) < 4.78 is 7.33. The van der Waals surface area contributed by atoms with Crippen LogP contribution in [-0.4, -0.2) is 8.97 Å². The largest absolute Gasteiger partial charge is 1.00 e. The number of aromatic nitrogens is 3. The minimum absolute atomic E-state index is 0. The molecule has 0 fully saturated rings. The Morgan fingerprint density at radius 1 is 0.870 bits per heavy atom. The summed E-state index contributed by atoms with van der Waals surface area (Å²) in [6.45, 7) is 2.20. The summed E-state index contributed by atoms with van der Waals surface area (Å²) in [7, 11) is 0. The smallest absolute Gasteiger partial charge is 0.370 e. The highest BCUT2D eigenvalue weighted by Gasteiger charge is 2.27. The molecule has 0 N–H and O–H groups in total. The molecular weight excluding hydrogens is 350 g/mol. The third-order valence-electron chi connectivity index (χ3n) is 4.76. The second-order valence-corrected chi connectivity index (χ2v) is 6.05. The van der Waals surface area contributed by atoms with E-state index in [1.807, 2.05) is 0 Å². The van der Waals surface area contributed by atoms with Gasteiger partial charge in [-0.15, -0.1) is 0 Å². The van der Waals surface area contributed by atoms with E-state index < -0.39 is 0 Å². The van der Waals surface area contributed by atoms with E-state index in [1.54, 1.807) is 0 Å². The number of rotatable bonds is 1. The number of halogens is 1. The van der Waals surface area contributed by atoms with Crippen LogP contribution in [0, 0.1) is 0 Å². The first-order chi connectivity index (χ1) is 10.9. The molecule has 4 heteroatoms. The number of para-hydroxylation sites is 2. The van der Waals surface area contributed by atoms with Gasteiger partial charge in [-0.05, 0) is 25.0 Å². The molecule has 4 aromatic rings. The summed E-state index contributed by atoms with van der Waals surface area (Å²) in [5.74, 6) is 1.32. The van der Waals surface area contributed by atoms with Crippen LogP contribution in [0.3, 0.4) is 0 Å². The van der Waals surface area contributed by atoms with Crippen LogP contribution in [0.25, 0.3) is 28.1 Å². The lowest BCUT2D eigenvalue weighted by molar-refractivity contribution is -0.647. The van der Waals surface area contributed by atoms with Gasteiger partial charge in [-0.2, -0.15) is 4.40 Å². The second-order valence-electron chi connectivity index (χ2n) is 6.05. The fraction of sp³-hybridized carbons (Fsp3) is 0.211. The molecule has 2 aromatic carbocycles. The summed E-state index contributed by atoms with van der Waals surface area (Å²) in [6.07, 6.45) is 4.78. The zero-order chi connectivity index (χ0) is 14.5. The Bertz CT molecular complexity index is 982. The van der Waals surface area contributed by atoms with Gasteiger partial charge in [0.25, 0.3) is 0 Å². The van der Waals surface area contributed by atoms with Gasteiger partial charge in [0.05, 0.1) is 13.1 Å². The normalized spacial score (nSPS) is 13.9. The van der Waals surface area contributed by atoms with Crippen LogP contribution in [0.2, 0.25) is 0 Å². The molecular formula is C19H18BrN3. The molecule has 0 atom stereocenters.